The summed E-state index contributed by atoms with van der Waals surface area (Å²) in [6, 6.07) is 76.9. The second-order valence-electron chi connectivity index (χ2n) is 13.7. The first kappa shape index (κ1) is 32.0. The molecular weight excluding hydrogens is 671 g/mol. The van der Waals surface area contributed by atoms with E-state index in [0.29, 0.717) is 0 Å². The first-order valence-corrected chi connectivity index (χ1v) is 19.2. The van der Waals surface area contributed by atoms with Crippen molar-refractivity contribution in [3.05, 3.63) is 212 Å². The van der Waals surface area contributed by atoms with Crippen molar-refractivity contribution < 1.29 is 0 Å². The molecule has 2 heteroatoms. The maximum Gasteiger partial charge on any atom is 0.0462 e. The molecule has 0 saturated heterocycles. The molecule has 0 aliphatic rings. The van der Waals surface area contributed by atoms with Gasteiger partial charge in [-0.15, -0.1) is 11.3 Å². The molecule has 1 aromatic heterocycles. The number of hydrogen-bond acceptors (Lipinski definition) is 2. The molecule has 0 unspecified atom stereocenters. The fourth-order valence-electron chi connectivity index (χ4n) is 7.78. The molecule has 0 N–H and O–H groups in total. The summed E-state index contributed by atoms with van der Waals surface area (Å²) in [4.78, 5) is 2.34. The standard InChI is InChI=1S/C52H35NS/c1-3-11-36(12-4-1)38-21-28-44(29-22-38)53(45-30-23-39(24-31-45)37-13-5-2-6-14-37)46-32-25-40(26-33-46)42-16-9-17-43(35-42)48-19-10-20-49-51-47-18-8-7-15-41(47)27-34-50(51)54-52(48)49/h1-35H. The molecule has 0 amide bonds. The highest BCUT2D eigenvalue weighted by molar-refractivity contribution is 7.26. The van der Waals surface area contributed by atoms with Crippen molar-refractivity contribution >= 4 is 59.3 Å². The number of rotatable bonds is 7. The van der Waals surface area contributed by atoms with Gasteiger partial charge in [0.05, 0.1) is 0 Å². The Kier molecular flexibility index (Phi) is 8.09. The highest BCUT2D eigenvalue weighted by Crippen LogP contribution is 2.44. The molecule has 0 bridgehead atoms. The van der Waals surface area contributed by atoms with Crippen LogP contribution in [0.3, 0.4) is 0 Å². The van der Waals surface area contributed by atoms with E-state index >= 15 is 0 Å². The van der Waals surface area contributed by atoms with Crippen molar-refractivity contribution in [2.45, 2.75) is 0 Å². The largest absolute Gasteiger partial charge is 0.311 e. The number of fused-ring (bicyclic) bond motifs is 5. The molecule has 10 aromatic rings. The summed E-state index contributed by atoms with van der Waals surface area (Å²) in [7, 11) is 0. The van der Waals surface area contributed by atoms with Crippen LogP contribution in [-0.2, 0) is 0 Å². The zero-order chi connectivity index (χ0) is 35.8. The van der Waals surface area contributed by atoms with Crippen LogP contribution < -0.4 is 4.90 Å². The quantitative estimate of drug-likeness (QED) is 0.160. The third-order valence-corrected chi connectivity index (χ3v) is 11.7. The summed E-state index contributed by atoms with van der Waals surface area (Å²) in [5.41, 5.74) is 13.1. The molecular formula is C52H35NS. The van der Waals surface area contributed by atoms with Gasteiger partial charge < -0.3 is 4.90 Å². The van der Waals surface area contributed by atoms with Crippen molar-refractivity contribution in [3.63, 3.8) is 0 Å². The van der Waals surface area contributed by atoms with E-state index in [-0.39, 0.29) is 0 Å². The predicted molar refractivity (Wildman–Crippen MR) is 233 cm³/mol. The smallest absolute Gasteiger partial charge is 0.0462 e. The average Bonchev–Trinajstić information content (AvgIpc) is 3.65. The van der Waals surface area contributed by atoms with Crippen LogP contribution in [0.4, 0.5) is 17.1 Å². The SMILES string of the molecule is c1ccc(-c2ccc(N(c3ccc(-c4ccccc4)cc3)c3ccc(-c4cccc(-c5cccc6c5sc5ccc7ccccc7c56)c4)cc3)cc2)cc1. The van der Waals surface area contributed by atoms with Gasteiger partial charge in [0, 0.05) is 37.2 Å². The molecule has 0 aliphatic heterocycles. The molecule has 10 rings (SSSR count). The first-order valence-electron chi connectivity index (χ1n) is 18.4. The Hall–Kier alpha value is -6.74. The monoisotopic (exact) mass is 705 g/mol. The number of thiophene rings is 1. The molecule has 254 valence electrons. The molecule has 0 spiro atoms. The Morgan fingerprint density at radius 3 is 1.39 bits per heavy atom. The van der Waals surface area contributed by atoms with Crippen LogP contribution in [0, 0.1) is 0 Å². The lowest BCUT2D eigenvalue weighted by atomic mass is 9.97. The molecule has 0 fully saturated rings. The Morgan fingerprint density at radius 1 is 0.315 bits per heavy atom. The Labute approximate surface area is 319 Å². The zero-order valence-electron chi connectivity index (χ0n) is 29.6. The lowest BCUT2D eigenvalue weighted by molar-refractivity contribution is 1.28. The Balaban J connectivity index is 1.01. The number of benzene rings is 9. The molecule has 1 nitrogen and oxygen atoms in total. The van der Waals surface area contributed by atoms with Crippen molar-refractivity contribution in [1.82, 2.24) is 0 Å². The van der Waals surface area contributed by atoms with E-state index in [0.717, 1.165) is 17.1 Å². The highest BCUT2D eigenvalue weighted by Gasteiger charge is 2.16. The third-order valence-electron chi connectivity index (χ3n) is 10.5. The fraction of sp³-hybridized carbons (Fsp3) is 0. The van der Waals surface area contributed by atoms with Crippen LogP contribution in [0.2, 0.25) is 0 Å². The van der Waals surface area contributed by atoms with E-state index in [2.05, 4.69) is 217 Å². The maximum absolute atomic E-state index is 2.34. The van der Waals surface area contributed by atoms with Gasteiger partial charge in [-0.25, -0.2) is 0 Å². The van der Waals surface area contributed by atoms with Gasteiger partial charge in [-0.05, 0) is 104 Å². The van der Waals surface area contributed by atoms with E-state index in [4.69, 9.17) is 0 Å². The van der Waals surface area contributed by atoms with Crippen molar-refractivity contribution in [3.8, 4) is 44.5 Å². The van der Waals surface area contributed by atoms with Crippen LogP contribution in [0.15, 0.2) is 212 Å². The zero-order valence-corrected chi connectivity index (χ0v) is 30.4. The highest BCUT2D eigenvalue weighted by atomic mass is 32.1. The number of hydrogen-bond donors (Lipinski definition) is 0. The van der Waals surface area contributed by atoms with Crippen molar-refractivity contribution in [2.24, 2.45) is 0 Å². The molecule has 1 heterocycles. The molecule has 0 radical (unpaired) electrons. The minimum atomic E-state index is 1.11. The van der Waals surface area contributed by atoms with E-state index in [1.807, 2.05) is 11.3 Å². The van der Waals surface area contributed by atoms with E-state index in [9.17, 15) is 0 Å². The maximum atomic E-state index is 2.34. The van der Waals surface area contributed by atoms with Gasteiger partial charge in [0.2, 0.25) is 0 Å². The van der Waals surface area contributed by atoms with Crippen LogP contribution in [0.25, 0.3) is 75.5 Å². The van der Waals surface area contributed by atoms with Gasteiger partial charge in [0.25, 0.3) is 0 Å². The summed E-state index contributed by atoms with van der Waals surface area (Å²) in [5.74, 6) is 0. The van der Waals surface area contributed by atoms with E-state index in [1.54, 1.807) is 0 Å². The van der Waals surface area contributed by atoms with Gasteiger partial charge in [0.1, 0.15) is 0 Å². The minimum Gasteiger partial charge on any atom is -0.311 e. The van der Waals surface area contributed by atoms with Crippen LogP contribution in [0.5, 0.6) is 0 Å². The number of anilines is 3. The van der Waals surface area contributed by atoms with Gasteiger partial charge in [-0.2, -0.15) is 0 Å². The molecule has 0 atom stereocenters. The second kappa shape index (κ2) is 13.7. The molecule has 0 saturated carbocycles. The van der Waals surface area contributed by atoms with Crippen LogP contribution in [-0.4, -0.2) is 0 Å². The lowest BCUT2D eigenvalue weighted by Gasteiger charge is -2.26. The normalized spacial score (nSPS) is 11.3. The van der Waals surface area contributed by atoms with Gasteiger partial charge >= 0.3 is 0 Å². The third kappa shape index (κ3) is 5.84. The summed E-state index contributed by atoms with van der Waals surface area (Å²) in [6.07, 6.45) is 0. The number of nitrogens with zero attached hydrogens (tertiary/aromatic N) is 1. The minimum absolute atomic E-state index is 1.11. The Morgan fingerprint density at radius 2 is 0.778 bits per heavy atom. The summed E-state index contributed by atoms with van der Waals surface area (Å²) in [5, 5.41) is 5.29. The second-order valence-corrected chi connectivity index (χ2v) is 14.8. The molecule has 54 heavy (non-hydrogen) atoms. The first-order chi connectivity index (χ1) is 26.8. The summed E-state index contributed by atoms with van der Waals surface area (Å²) < 4.78 is 2.67. The molecule has 9 aromatic carbocycles. The predicted octanol–water partition coefficient (Wildman–Crippen LogP) is 15.3. The summed E-state index contributed by atoms with van der Waals surface area (Å²) >= 11 is 1.89. The van der Waals surface area contributed by atoms with Crippen molar-refractivity contribution in [1.29, 1.82) is 0 Å². The van der Waals surface area contributed by atoms with Crippen LogP contribution >= 0.6 is 11.3 Å². The van der Waals surface area contributed by atoms with Gasteiger partial charge in [-0.1, -0.05) is 164 Å². The van der Waals surface area contributed by atoms with Gasteiger partial charge in [0.15, 0.2) is 0 Å². The average molecular weight is 706 g/mol. The fourth-order valence-corrected chi connectivity index (χ4v) is 9.03. The van der Waals surface area contributed by atoms with Crippen LogP contribution in [0.1, 0.15) is 0 Å². The van der Waals surface area contributed by atoms with Crippen molar-refractivity contribution in [2.75, 3.05) is 4.90 Å². The lowest BCUT2D eigenvalue weighted by Crippen LogP contribution is -2.09. The topological polar surface area (TPSA) is 3.24 Å². The summed E-state index contributed by atoms with van der Waals surface area (Å²) in [6.45, 7) is 0. The van der Waals surface area contributed by atoms with Gasteiger partial charge in [-0.3, -0.25) is 0 Å². The van der Waals surface area contributed by atoms with E-state index < -0.39 is 0 Å². The van der Waals surface area contributed by atoms with E-state index in [1.165, 1.54) is 75.5 Å². The Bertz CT molecular complexity index is 2810. The molecule has 0 aliphatic carbocycles.